The maximum Gasteiger partial charge on any atom is 0.166 e. The Bertz CT molecular complexity index is 557. The van der Waals surface area contributed by atoms with Crippen LogP contribution < -0.4 is 0 Å². The Hall–Kier alpha value is -0.580. The second kappa shape index (κ2) is 7.80. The standard InChI is InChI=1S/C18H28N2S2/c1-6-7-12-18(4,5)20(13-14(2)3)22-17-19-15-10-8-9-11-16(15)21-17/h8-11,14H,6-7,12-13H2,1-5H3. The monoisotopic (exact) mass is 336 g/mol. The number of unbranched alkanes of at least 4 members (excludes halogenated alkanes) is 1. The van der Waals surface area contributed by atoms with E-state index in [0.29, 0.717) is 5.92 Å². The second-order valence-electron chi connectivity index (χ2n) is 6.91. The molecular formula is C18H28N2S2. The fourth-order valence-electron chi connectivity index (χ4n) is 2.46. The summed E-state index contributed by atoms with van der Waals surface area (Å²) < 4.78 is 4.98. The predicted octanol–water partition coefficient (Wildman–Crippen LogP) is 6.23. The van der Waals surface area contributed by atoms with Crippen LogP contribution in [0.15, 0.2) is 28.6 Å². The van der Waals surface area contributed by atoms with E-state index in [9.17, 15) is 0 Å². The highest BCUT2D eigenvalue weighted by Gasteiger charge is 2.28. The molecule has 0 fully saturated rings. The van der Waals surface area contributed by atoms with E-state index in [1.54, 1.807) is 11.3 Å². The van der Waals surface area contributed by atoms with E-state index in [-0.39, 0.29) is 5.54 Å². The zero-order chi connectivity index (χ0) is 16.2. The molecule has 1 heterocycles. The molecule has 1 aromatic carbocycles. The summed E-state index contributed by atoms with van der Waals surface area (Å²) in [6.07, 6.45) is 3.76. The van der Waals surface area contributed by atoms with Crippen molar-refractivity contribution in [1.82, 2.24) is 9.29 Å². The molecule has 0 saturated heterocycles. The minimum Gasteiger partial charge on any atom is -0.239 e. The molecule has 2 nitrogen and oxygen atoms in total. The number of thiazole rings is 1. The van der Waals surface area contributed by atoms with Gasteiger partial charge in [0.15, 0.2) is 4.34 Å². The van der Waals surface area contributed by atoms with Crippen molar-refractivity contribution in [3.05, 3.63) is 24.3 Å². The highest BCUT2D eigenvalue weighted by atomic mass is 32.2. The van der Waals surface area contributed by atoms with E-state index in [0.717, 1.165) is 16.4 Å². The lowest BCUT2D eigenvalue weighted by molar-refractivity contribution is 0.209. The Kier molecular flexibility index (Phi) is 6.30. The van der Waals surface area contributed by atoms with Gasteiger partial charge in [-0.05, 0) is 50.3 Å². The van der Waals surface area contributed by atoms with Gasteiger partial charge in [-0.1, -0.05) is 45.7 Å². The van der Waals surface area contributed by atoms with Gasteiger partial charge in [0.1, 0.15) is 0 Å². The third kappa shape index (κ3) is 4.71. The Labute approximate surface area is 143 Å². The Morgan fingerprint density at radius 2 is 2.00 bits per heavy atom. The molecule has 0 amide bonds. The van der Waals surface area contributed by atoms with E-state index < -0.39 is 0 Å². The smallest absolute Gasteiger partial charge is 0.166 e. The molecular weight excluding hydrogens is 308 g/mol. The first-order valence-electron chi connectivity index (χ1n) is 8.23. The fourth-order valence-corrected chi connectivity index (χ4v) is 4.88. The predicted molar refractivity (Wildman–Crippen MR) is 101 cm³/mol. The zero-order valence-corrected chi connectivity index (χ0v) is 16.1. The average Bonchev–Trinajstić information content (AvgIpc) is 2.86. The lowest BCUT2D eigenvalue weighted by Crippen LogP contribution is -2.41. The summed E-state index contributed by atoms with van der Waals surface area (Å²) in [5.74, 6) is 0.655. The lowest BCUT2D eigenvalue weighted by Gasteiger charge is -2.38. The van der Waals surface area contributed by atoms with Crippen molar-refractivity contribution in [3.63, 3.8) is 0 Å². The number of nitrogens with zero attached hydrogens (tertiary/aromatic N) is 2. The number of benzene rings is 1. The topological polar surface area (TPSA) is 16.1 Å². The lowest BCUT2D eigenvalue weighted by atomic mass is 9.96. The third-order valence-electron chi connectivity index (χ3n) is 3.81. The van der Waals surface area contributed by atoms with Gasteiger partial charge in [-0.2, -0.15) is 0 Å². The van der Waals surface area contributed by atoms with Gasteiger partial charge in [-0.3, -0.25) is 0 Å². The van der Waals surface area contributed by atoms with Gasteiger partial charge in [0, 0.05) is 12.1 Å². The summed E-state index contributed by atoms with van der Waals surface area (Å²) in [5, 5.41) is 0. The first-order valence-corrected chi connectivity index (χ1v) is 9.82. The molecule has 0 aliphatic heterocycles. The van der Waals surface area contributed by atoms with Crippen molar-refractivity contribution in [2.75, 3.05) is 6.54 Å². The number of hydrogen-bond donors (Lipinski definition) is 0. The van der Waals surface area contributed by atoms with E-state index in [1.165, 1.54) is 24.0 Å². The van der Waals surface area contributed by atoms with Crippen LogP contribution in [0.1, 0.15) is 53.9 Å². The molecule has 2 rings (SSSR count). The van der Waals surface area contributed by atoms with Crippen LogP contribution in [-0.4, -0.2) is 21.4 Å². The van der Waals surface area contributed by atoms with Gasteiger partial charge in [0.2, 0.25) is 0 Å². The summed E-state index contributed by atoms with van der Waals surface area (Å²) in [6, 6.07) is 8.41. The first-order chi connectivity index (χ1) is 10.4. The zero-order valence-electron chi connectivity index (χ0n) is 14.4. The summed E-state index contributed by atoms with van der Waals surface area (Å²) in [6.45, 7) is 12.7. The molecule has 122 valence electrons. The highest BCUT2D eigenvalue weighted by Crippen LogP contribution is 2.37. The number of para-hydroxylation sites is 1. The molecule has 0 aliphatic rings. The van der Waals surface area contributed by atoms with Crippen LogP contribution in [0, 0.1) is 5.92 Å². The van der Waals surface area contributed by atoms with Crippen LogP contribution in [-0.2, 0) is 0 Å². The van der Waals surface area contributed by atoms with E-state index in [2.05, 4.69) is 63.2 Å². The number of rotatable bonds is 8. The summed E-state index contributed by atoms with van der Waals surface area (Å²) >= 11 is 3.64. The van der Waals surface area contributed by atoms with Crippen LogP contribution in [0.5, 0.6) is 0 Å². The van der Waals surface area contributed by atoms with Gasteiger partial charge in [-0.15, -0.1) is 11.3 Å². The SMILES string of the molecule is CCCCC(C)(C)N(CC(C)C)Sc1nc2ccccc2s1. The molecule has 0 spiro atoms. The molecule has 0 bridgehead atoms. The first kappa shape index (κ1) is 17.8. The summed E-state index contributed by atoms with van der Waals surface area (Å²) in [5.41, 5.74) is 1.31. The van der Waals surface area contributed by atoms with Gasteiger partial charge in [-0.25, -0.2) is 9.29 Å². The largest absolute Gasteiger partial charge is 0.239 e. The maximum atomic E-state index is 4.79. The van der Waals surface area contributed by atoms with Crippen molar-refractivity contribution < 1.29 is 0 Å². The molecule has 1 aromatic heterocycles. The normalized spacial score (nSPS) is 12.7. The number of fused-ring (bicyclic) bond motifs is 1. The minimum atomic E-state index is 0.197. The van der Waals surface area contributed by atoms with E-state index >= 15 is 0 Å². The van der Waals surface area contributed by atoms with Gasteiger partial charge < -0.3 is 0 Å². The average molecular weight is 337 g/mol. The van der Waals surface area contributed by atoms with Crippen LogP contribution in [0.3, 0.4) is 0 Å². The highest BCUT2D eigenvalue weighted by molar-refractivity contribution is 7.99. The van der Waals surface area contributed by atoms with E-state index in [4.69, 9.17) is 4.98 Å². The molecule has 22 heavy (non-hydrogen) atoms. The van der Waals surface area contributed by atoms with Crippen molar-refractivity contribution in [2.45, 2.75) is 63.8 Å². The molecule has 0 N–H and O–H groups in total. The van der Waals surface area contributed by atoms with Crippen molar-refractivity contribution in [1.29, 1.82) is 0 Å². The Morgan fingerprint density at radius 3 is 2.64 bits per heavy atom. The molecule has 0 radical (unpaired) electrons. The summed E-state index contributed by atoms with van der Waals surface area (Å²) in [7, 11) is 0. The molecule has 0 atom stereocenters. The van der Waals surface area contributed by atoms with Crippen molar-refractivity contribution in [2.24, 2.45) is 5.92 Å². The number of aromatic nitrogens is 1. The Balaban J connectivity index is 2.18. The van der Waals surface area contributed by atoms with E-state index in [1.807, 2.05) is 11.9 Å². The molecule has 0 aliphatic carbocycles. The molecule has 0 saturated carbocycles. The fraction of sp³-hybridized carbons (Fsp3) is 0.611. The van der Waals surface area contributed by atoms with Gasteiger partial charge >= 0.3 is 0 Å². The van der Waals surface area contributed by atoms with Crippen LogP contribution in [0.4, 0.5) is 0 Å². The summed E-state index contributed by atoms with van der Waals surface area (Å²) in [4.78, 5) is 4.79. The van der Waals surface area contributed by atoms with Gasteiger partial charge in [0.05, 0.1) is 10.2 Å². The minimum absolute atomic E-state index is 0.197. The Morgan fingerprint density at radius 1 is 1.27 bits per heavy atom. The third-order valence-corrected chi connectivity index (χ3v) is 6.23. The van der Waals surface area contributed by atoms with Crippen molar-refractivity contribution >= 4 is 33.5 Å². The quantitative estimate of drug-likeness (QED) is 0.531. The maximum absolute atomic E-state index is 4.79. The van der Waals surface area contributed by atoms with Crippen LogP contribution in [0.25, 0.3) is 10.2 Å². The van der Waals surface area contributed by atoms with Crippen LogP contribution >= 0.6 is 23.3 Å². The number of hydrogen-bond acceptors (Lipinski definition) is 4. The molecule has 4 heteroatoms. The second-order valence-corrected chi connectivity index (χ2v) is 9.21. The molecule has 0 unspecified atom stereocenters. The van der Waals surface area contributed by atoms with Crippen LogP contribution in [0.2, 0.25) is 0 Å². The van der Waals surface area contributed by atoms with Crippen molar-refractivity contribution in [3.8, 4) is 0 Å². The molecule has 2 aromatic rings. The van der Waals surface area contributed by atoms with Gasteiger partial charge in [0.25, 0.3) is 0 Å².